The van der Waals surface area contributed by atoms with Crippen LogP contribution in [0.3, 0.4) is 0 Å². The lowest BCUT2D eigenvalue weighted by atomic mass is 10.1. The molecular weight excluding hydrogens is 512 g/mol. The number of amides is 2. The van der Waals surface area contributed by atoms with E-state index in [4.69, 9.17) is 14.2 Å². The smallest absolute Gasteiger partial charge is 0.408 e. The van der Waals surface area contributed by atoms with Crippen LogP contribution in [0.5, 0.6) is 5.75 Å². The van der Waals surface area contributed by atoms with Gasteiger partial charge >= 0.3 is 12.1 Å². The second-order valence-corrected chi connectivity index (χ2v) is 8.37. The Hall–Kier alpha value is -3.79. The molecule has 10 nitrogen and oxygen atoms in total. The first kappa shape index (κ1) is 30.4. The summed E-state index contributed by atoms with van der Waals surface area (Å²) in [5, 5.41) is 8.41. The number of carbonyl (C=O) groups excluding carboxylic acids is 3. The number of alkyl carbamates (subject to hydrolysis) is 1. The minimum absolute atomic E-state index is 0. The minimum Gasteiger partial charge on any atom is -0.494 e. The van der Waals surface area contributed by atoms with Crippen molar-refractivity contribution in [1.29, 1.82) is 0 Å². The quantitative estimate of drug-likeness (QED) is 0.276. The summed E-state index contributed by atoms with van der Waals surface area (Å²) < 4.78 is 16.1. The summed E-state index contributed by atoms with van der Waals surface area (Å²) in [4.78, 5) is 40.9. The van der Waals surface area contributed by atoms with Gasteiger partial charge in [-0.15, -0.1) is 12.4 Å². The molecule has 1 aliphatic heterocycles. The fraction of sp³-hybridized carbons (Fsp3) is 0.407. The molecule has 0 spiro atoms. The Morgan fingerprint density at radius 3 is 2.47 bits per heavy atom. The van der Waals surface area contributed by atoms with Crippen molar-refractivity contribution in [3.05, 3.63) is 65.7 Å². The summed E-state index contributed by atoms with van der Waals surface area (Å²) in [6.07, 6.45) is 1.38. The monoisotopic (exact) mass is 546 g/mol. The molecule has 1 aliphatic rings. The van der Waals surface area contributed by atoms with Crippen LogP contribution in [0.4, 0.5) is 4.79 Å². The van der Waals surface area contributed by atoms with Gasteiger partial charge in [0.25, 0.3) is 0 Å². The summed E-state index contributed by atoms with van der Waals surface area (Å²) in [5.41, 5.74) is 1.66. The van der Waals surface area contributed by atoms with Crippen molar-refractivity contribution in [2.24, 2.45) is 4.99 Å². The van der Waals surface area contributed by atoms with E-state index >= 15 is 0 Å². The lowest BCUT2D eigenvalue weighted by Crippen LogP contribution is -2.43. The second-order valence-electron chi connectivity index (χ2n) is 8.37. The molecule has 0 bridgehead atoms. The highest BCUT2D eigenvalue weighted by molar-refractivity contribution is 5.97. The number of rotatable bonds is 12. The van der Waals surface area contributed by atoms with E-state index in [9.17, 15) is 14.4 Å². The van der Waals surface area contributed by atoms with E-state index in [2.05, 4.69) is 20.9 Å². The maximum absolute atomic E-state index is 12.4. The largest absolute Gasteiger partial charge is 0.494 e. The van der Waals surface area contributed by atoms with Crippen molar-refractivity contribution in [2.75, 3.05) is 26.3 Å². The molecule has 2 aromatic rings. The van der Waals surface area contributed by atoms with E-state index in [1.54, 1.807) is 19.1 Å². The molecule has 3 rings (SSSR count). The molecule has 2 amide bonds. The average molecular weight is 547 g/mol. The molecule has 0 aromatic heterocycles. The van der Waals surface area contributed by atoms with Crippen molar-refractivity contribution in [3.8, 4) is 5.75 Å². The Bertz CT molecular complexity index is 1050. The van der Waals surface area contributed by atoms with Gasteiger partial charge in [-0.25, -0.2) is 9.59 Å². The third kappa shape index (κ3) is 11.1. The van der Waals surface area contributed by atoms with Gasteiger partial charge in [0.2, 0.25) is 5.91 Å². The summed E-state index contributed by atoms with van der Waals surface area (Å²) >= 11 is 0. The van der Waals surface area contributed by atoms with Crippen molar-refractivity contribution in [2.45, 2.75) is 45.3 Å². The van der Waals surface area contributed by atoms with Gasteiger partial charge in [-0.05, 0) is 43.0 Å². The molecule has 2 aromatic carbocycles. The first-order valence-corrected chi connectivity index (χ1v) is 12.5. The number of esters is 1. The molecule has 3 N–H and O–H groups in total. The molecular formula is C27H35ClN4O6. The normalized spacial score (nSPS) is 13.0. The fourth-order valence-corrected chi connectivity index (χ4v) is 3.53. The Balaban J connectivity index is 0.00000507. The fourth-order valence-electron chi connectivity index (χ4n) is 3.53. The lowest BCUT2D eigenvalue weighted by Gasteiger charge is -2.17. The third-order valence-electron chi connectivity index (χ3n) is 5.41. The van der Waals surface area contributed by atoms with E-state index in [-0.39, 0.29) is 37.9 Å². The highest BCUT2D eigenvalue weighted by Gasteiger charge is 2.23. The van der Waals surface area contributed by atoms with Gasteiger partial charge in [0.15, 0.2) is 5.96 Å². The van der Waals surface area contributed by atoms with Crippen molar-refractivity contribution < 1.29 is 28.6 Å². The maximum atomic E-state index is 12.4. The highest BCUT2D eigenvalue weighted by atomic mass is 35.5. The molecule has 0 aliphatic carbocycles. The van der Waals surface area contributed by atoms with Crippen LogP contribution in [0.25, 0.3) is 0 Å². The van der Waals surface area contributed by atoms with Gasteiger partial charge in [0, 0.05) is 25.9 Å². The van der Waals surface area contributed by atoms with Gasteiger partial charge in [-0.3, -0.25) is 15.1 Å². The molecule has 0 saturated carbocycles. The van der Waals surface area contributed by atoms with Crippen LogP contribution in [-0.2, 0) is 32.1 Å². The van der Waals surface area contributed by atoms with Crippen LogP contribution in [0, 0.1) is 0 Å². The summed E-state index contributed by atoms with van der Waals surface area (Å²) in [6.45, 7) is 3.92. The van der Waals surface area contributed by atoms with Gasteiger partial charge in [0.1, 0.15) is 18.4 Å². The molecule has 0 saturated heterocycles. The second kappa shape index (κ2) is 16.9. The summed E-state index contributed by atoms with van der Waals surface area (Å²) in [7, 11) is 0. The van der Waals surface area contributed by atoms with E-state index in [1.165, 1.54) is 0 Å². The molecule has 0 radical (unpaired) electrons. The Kier molecular flexibility index (Phi) is 13.5. The first-order valence-electron chi connectivity index (χ1n) is 12.5. The number of guanidine groups is 1. The minimum atomic E-state index is -0.892. The predicted molar refractivity (Wildman–Crippen MR) is 145 cm³/mol. The van der Waals surface area contributed by atoms with Crippen LogP contribution >= 0.6 is 12.4 Å². The van der Waals surface area contributed by atoms with Crippen LogP contribution in [-0.4, -0.2) is 56.3 Å². The van der Waals surface area contributed by atoms with Crippen LogP contribution in [0.2, 0.25) is 0 Å². The maximum Gasteiger partial charge on any atom is 0.408 e. The zero-order valence-electron chi connectivity index (χ0n) is 21.4. The lowest BCUT2D eigenvalue weighted by molar-refractivity contribution is -0.145. The van der Waals surface area contributed by atoms with E-state index in [1.807, 2.05) is 42.5 Å². The van der Waals surface area contributed by atoms with Gasteiger partial charge in [-0.1, -0.05) is 42.5 Å². The number of hydrogen-bond donors (Lipinski definition) is 3. The number of hydrogen-bond acceptors (Lipinski definition) is 8. The molecule has 11 heteroatoms. The van der Waals surface area contributed by atoms with Gasteiger partial charge < -0.3 is 24.8 Å². The van der Waals surface area contributed by atoms with Crippen LogP contribution < -0.4 is 20.7 Å². The number of carbonyl (C=O) groups is 3. The topological polar surface area (TPSA) is 127 Å². The first-order chi connectivity index (χ1) is 18.0. The zero-order valence-corrected chi connectivity index (χ0v) is 22.3. The van der Waals surface area contributed by atoms with Gasteiger partial charge in [0.05, 0.1) is 13.2 Å². The molecule has 206 valence electrons. The number of ether oxygens (including phenoxy) is 3. The number of nitrogens with zero attached hydrogens (tertiary/aromatic N) is 1. The number of aliphatic imine (C=N–C) groups is 1. The SMILES string of the molecule is CCOC(=O)[C@H](Cc1ccc(OCCCC(=O)NC2=NCCCN2)cc1)NC(=O)OCc1ccccc1.Cl. The molecule has 0 unspecified atom stereocenters. The molecule has 1 heterocycles. The zero-order chi connectivity index (χ0) is 26.3. The van der Waals surface area contributed by atoms with Crippen molar-refractivity contribution in [3.63, 3.8) is 0 Å². The standard InChI is InChI=1S/C27H34N4O6.ClH/c1-2-35-25(33)23(30-27(34)37-19-21-8-4-3-5-9-21)18-20-11-13-22(14-12-20)36-17-6-10-24(32)31-26-28-15-7-16-29-26;/h3-5,8-9,11-14,23H,2,6-7,10,15-19H2,1H3,(H,30,34)(H2,28,29,31,32);1H/t23-;/m0./s1. The molecule has 38 heavy (non-hydrogen) atoms. The van der Waals surface area contributed by atoms with E-state index in [0.717, 1.165) is 30.6 Å². The highest BCUT2D eigenvalue weighted by Crippen LogP contribution is 2.15. The number of halogens is 1. The van der Waals surface area contributed by atoms with Crippen molar-refractivity contribution >= 4 is 36.3 Å². The third-order valence-corrected chi connectivity index (χ3v) is 5.41. The Morgan fingerprint density at radius 2 is 1.79 bits per heavy atom. The number of benzene rings is 2. The molecule has 0 fully saturated rings. The Morgan fingerprint density at radius 1 is 1.03 bits per heavy atom. The molecule has 1 atom stereocenters. The summed E-state index contributed by atoms with van der Waals surface area (Å²) in [6, 6.07) is 15.6. The predicted octanol–water partition coefficient (Wildman–Crippen LogP) is 3.13. The van der Waals surface area contributed by atoms with Crippen LogP contribution in [0.15, 0.2) is 59.6 Å². The van der Waals surface area contributed by atoms with E-state index < -0.39 is 18.1 Å². The summed E-state index contributed by atoms with van der Waals surface area (Å²) in [5.74, 6) is 0.539. The number of nitrogens with one attached hydrogen (secondary N) is 3. The van der Waals surface area contributed by atoms with Crippen molar-refractivity contribution in [1.82, 2.24) is 16.0 Å². The average Bonchev–Trinajstić information content (AvgIpc) is 2.92. The van der Waals surface area contributed by atoms with E-state index in [0.29, 0.717) is 31.2 Å². The van der Waals surface area contributed by atoms with Gasteiger partial charge in [-0.2, -0.15) is 0 Å². The Labute approximate surface area is 228 Å². The van der Waals surface area contributed by atoms with Crippen LogP contribution in [0.1, 0.15) is 37.3 Å².